The normalized spacial score (nSPS) is 10.9. The first-order valence-electron chi connectivity index (χ1n) is 4.61. The molecule has 0 saturated carbocycles. The predicted octanol–water partition coefficient (Wildman–Crippen LogP) is 0.158. The molecule has 0 atom stereocenters. The zero-order chi connectivity index (χ0) is 12.9. The van der Waals surface area contributed by atoms with Gasteiger partial charge in [0.25, 0.3) is 0 Å². The Bertz CT molecular complexity index is 123. The van der Waals surface area contributed by atoms with Gasteiger partial charge in [0.05, 0.1) is 21.3 Å². The quantitative estimate of drug-likeness (QED) is 0.356. The van der Waals surface area contributed by atoms with Crippen LogP contribution in [0.25, 0.3) is 0 Å². The summed E-state index contributed by atoms with van der Waals surface area (Å²) in [5, 5.41) is 0. The molecule has 0 heterocycles. The molecule has 0 fully saturated rings. The van der Waals surface area contributed by atoms with Crippen molar-refractivity contribution in [2.75, 3.05) is 35.0 Å². The van der Waals surface area contributed by atoms with E-state index in [1.165, 1.54) is 28.4 Å². The SMILES string of the molecule is CCCO[Si](OOC)(OOC)OOC.CN. The first-order chi connectivity index (χ1) is 7.74. The number of nitrogens with two attached hydrogens (primary N) is 1. The van der Waals surface area contributed by atoms with E-state index in [1.54, 1.807) is 0 Å². The summed E-state index contributed by atoms with van der Waals surface area (Å²) in [6.45, 7) is 2.30. The summed E-state index contributed by atoms with van der Waals surface area (Å²) in [5.74, 6) is 0. The zero-order valence-corrected chi connectivity index (χ0v) is 11.3. The van der Waals surface area contributed by atoms with Crippen LogP contribution in [0.3, 0.4) is 0 Å². The highest BCUT2D eigenvalue weighted by molar-refractivity contribution is 6.52. The zero-order valence-electron chi connectivity index (χ0n) is 10.3. The van der Waals surface area contributed by atoms with Crippen LogP contribution in [0.1, 0.15) is 13.3 Å². The molecular weight excluding hydrogens is 238 g/mol. The highest BCUT2D eigenvalue weighted by Crippen LogP contribution is 2.12. The van der Waals surface area contributed by atoms with Crippen LogP contribution in [-0.2, 0) is 32.8 Å². The first kappa shape index (κ1) is 18.3. The maximum absolute atomic E-state index is 5.20. The Hall–Kier alpha value is -0.103. The second-order valence-corrected chi connectivity index (χ2v) is 3.89. The molecule has 0 spiro atoms. The van der Waals surface area contributed by atoms with Gasteiger partial charge in [0.1, 0.15) is 0 Å². The van der Waals surface area contributed by atoms with E-state index in [1.807, 2.05) is 6.92 Å². The molecule has 0 bridgehead atoms. The lowest BCUT2D eigenvalue weighted by molar-refractivity contribution is -0.370. The van der Waals surface area contributed by atoms with Gasteiger partial charge in [-0.25, -0.2) is 14.7 Å². The summed E-state index contributed by atoms with van der Waals surface area (Å²) in [4.78, 5) is 13.3. The van der Waals surface area contributed by atoms with Crippen LogP contribution in [0.4, 0.5) is 0 Å². The van der Waals surface area contributed by atoms with Gasteiger partial charge in [0, 0.05) is 6.61 Å². The van der Waals surface area contributed by atoms with Crippen molar-refractivity contribution < 1.29 is 32.8 Å². The predicted molar refractivity (Wildman–Crippen MR) is 56.4 cm³/mol. The van der Waals surface area contributed by atoms with Gasteiger partial charge in [-0.2, -0.15) is 13.7 Å². The Labute approximate surface area is 96.7 Å². The smallest absolute Gasteiger partial charge is 0.347 e. The number of rotatable bonds is 9. The van der Waals surface area contributed by atoms with Crippen molar-refractivity contribution in [1.29, 1.82) is 0 Å². The molecule has 0 aliphatic heterocycles. The average molecular weight is 259 g/mol. The Kier molecular flexibility index (Phi) is 14.8. The van der Waals surface area contributed by atoms with Crippen LogP contribution in [0, 0.1) is 0 Å². The molecule has 0 aromatic rings. The first-order valence-corrected chi connectivity index (χ1v) is 6.25. The summed E-state index contributed by atoms with van der Waals surface area (Å²) in [6.07, 6.45) is 0.766. The minimum absolute atomic E-state index is 0.377. The molecule has 0 rings (SSSR count). The van der Waals surface area contributed by atoms with Crippen molar-refractivity contribution in [3.63, 3.8) is 0 Å². The highest BCUT2D eigenvalue weighted by atomic mass is 28.4. The van der Waals surface area contributed by atoms with Crippen molar-refractivity contribution in [3.8, 4) is 0 Å². The van der Waals surface area contributed by atoms with Crippen LogP contribution in [0.5, 0.6) is 0 Å². The van der Waals surface area contributed by atoms with E-state index >= 15 is 0 Å². The topological polar surface area (TPSA) is 90.6 Å². The van der Waals surface area contributed by atoms with Gasteiger partial charge >= 0.3 is 9.05 Å². The molecule has 0 aliphatic carbocycles. The molecule has 0 saturated heterocycles. The maximum Gasteiger partial charge on any atom is 0.764 e. The van der Waals surface area contributed by atoms with Crippen molar-refractivity contribution in [2.24, 2.45) is 5.73 Å². The van der Waals surface area contributed by atoms with Gasteiger partial charge in [-0.1, -0.05) is 6.92 Å². The fraction of sp³-hybridized carbons (Fsp3) is 1.00. The minimum atomic E-state index is -3.48. The highest BCUT2D eigenvalue weighted by Gasteiger charge is 2.51. The third kappa shape index (κ3) is 8.10. The minimum Gasteiger partial charge on any atom is -0.347 e. The van der Waals surface area contributed by atoms with Crippen LogP contribution < -0.4 is 5.73 Å². The lowest BCUT2D eigenvalue weighted by Gasteiger charge is -2.21. The van der Waals surface area contributed by atoms with Gasteiger partial charge in [-0.15, -0.1) is 0 Å². The molecular formula is C7H21NO7Si. The molecule has 8 nitrogen and oxygen atoms in total. The third-order valence-electron chi connectivity index (χ3n) is 1.04. The molecule has 16 heavy (non-hydrogen) atoms. The molecule has 0 aliphatic rings. The Morgan fingerprint density at radius 3 is 1.50 bits per heavy atom. The van der Waals surface area contributed by atoms with Crippen molar-refractivity contribution in [3.05, 3.63) is 0 Å². The van der Waals surface area contributed by atoms with Crippen molar-refractivity contribution in [1.82, 2.24) is 0 Å². The molecule has 9 heteroatoms. The van der Waals surface area contributed by atoms with Crippen LogP contribution in [0.15, 0.2) is 0 Å². The second kappa shape index (κ2) is 13.0. The monoisotopic (exact) mass is 259 g/mol. The molecule has 0 radical (unpaired) electrons. The number of hydrogen-bond donors (Lipinski definition) is 1. The second-order valence-electron chi connectivity index (χ2n) is 2.10. The van der Waals surface area contributed by atoms with Crippen LogP contribution in [-0.4, -0.2) is 44.0 Å². The molecule has 0 aromatic heterocycles. The van der Waals surface area contributed by atoms with Gasteiger partial charge in [0.15, 0.2) is 0 Å². The van der Waals surface area contributed by atoms with Crippen molar-refractivity contribution in [2.45, 2.75) is 13.3 Å². The molecule has 100 valence electrons. The average Bonchev–Trinajstić information content (AvgIpc) is 2.30. The summed E-state index contributed by atoms with van der Waals surface area (Å²) >= 11 is 0. The lowest BCUT2D eigenvalue weighted by atomic mass is 10.5. The summed E-state index contributed by atoms with van der Waals surface area (Å²) in [6, 6.07) is 0. The Morgan fingerprint density at radius 1 is 0.875 bits per heavy atom. The third-order valence-corrected chi connectivity index (χ3v) is 2.71. The van der Waals surface area contributed by atoms with E-state index in [9.17, 15) is 0 Å². The van der Waals surface area contributed by atoms with Gasteiger partial charge in [-0.3, -0.25) is 0 Å². The van der Waals surface area contributed by atoms with Crippen molar-refractivity contribution >= 4 is 9.05 Å². The standard InChI is InChI=1S/C6H16O7Si.CH5N/c1-5-6-10-14(11-7-2,12-8-3)13-9-4;1-2/h5-6H2,1-4H3;2H2,1H3. The molecule has 0 amide bonds. The van der Waals surface area contributed by atoms with Crippen LogP contribution >= 0.6 is 0 Å². The maximum atomic E-state index is 5.20. The van der Waals surface area contributed by atoms with Crippen LogP contribution in [0.2, 0.25) is 0 Å². The van der Waals surface area contributed by atoms with E-state index < -0.39 is 9.05 Å². The van der Waals surface area contributed by atoms with E-state index in [0.29, 0.717) is 6.61 Å². The molecule has 0 unspecified atom stereocenters. The van der Waals surface area contributed by atoms with Gasteiger partial charge in [-0.05, 0) is 13.5 Å². The summed E-state index contributed by atoms with van der Waals surface area (Å²) in [5.41, 5.74) is 4.50. The number of hydrogen-bond acceptors (Lipinski definition) is 8. The largest absolute Gasteiger partial charge is 0.764 e. The Morgan fingerprint density at radius 2 is 1.25 bits per heavy atom. The van der Waals surface area contributed by atoms with Gasteiger partial charge in [0.2, 0.25) is 0 Å². The van der Waals surface area contributed by atoms with E-state index in [-0.39, 0.29) is 0 Å². The summed E-state index contributed by atoms with van der Waals surface area (Å²) < 4.78 is 19.4. The van der Waals surface area contributed by atoms with Gasteiger partial charge < -0.3 is 10.2 Å². The Balaban J connectivity index is 0. The molecule has 2 N–H and O–H groups in total. The fourth-order valence-electron chi connectivity index (χ4n) is 0.647. The van der Waals surface area contributed by atoms with E-state index in [2.05, 4.69) is 20.4 Å². The fourth-order valence-corrected chi connectivity index (χ4v) is 1.94. The van der Waals surface area contributed by atoms with E-state index in [0.717, 1.165) is 6.42 Å². The summed E-state index contributed by atoms with van der Waals surface area (Å²) in [7, 11) is 1.92. The molecule has 0 aromatic carbocycles. The lowest BCUT2D eigenvalue weighted by Crippen LogP contribution is -2.48. The van der Waals surface area contributed by atoms with E-state index in [4.69, 9.17) is 18.2 Å².